The van der Waals surface area contributed by atoms with E-state index in [4.69, 9.17) is 26.8 Å². The maximum Gasteiger partial charge on any atom is 0.242 e. The van der Waals surface area contributed by atoms with Gasteiger partial charge in [-0.2, -0.15) is 0 Å². The summed E-state index contributed by atoms with van der Waals surface area (Å²) in [6.07, 6.45) is -0.282. The molecule has 0 aromatic heterocycles. The fraction of sp³-hybridized carbons (Fsp3) is 0.500. The maximum atomic E-state index is 12.2. The number of halogens is 1. The lowest BCUT2D eigenvalue weighted by Crippen LogP contribution is -2.39. The lowest BCUT2D eigenvalue weighted by atomic mass is 10.2. The summed E-state index contributed by atoms with van der Waals surface area (Å²) < 4.78 is 37.5. The highest BCUT2D eigenvalue weighted by atomic mass is 35.5. The molecule has 1 aromatic rings. The van der Waals surface area contributed by atoms with Crippen LogP contribution >= 0.6 is 11.6 Å². The Balaban J connectivity index is 2.09. The van der Waals surface area contributed by atoms with Gasteiger partial charge in [0.15, 0.2) is 0 Å². The topological polar surface area (TPSA) is 90.7 Å². The Morgan fingerprint density at radius 3 is 2.85 bits per heavy atom. The fourth-order valence-electron chi connectivity index (χ4n) is 1.82. The highest BCUT2D eigenvalue weighted by molar-refractivity contribution is 7.89. The van der Waals surface area contributed by atoms with E-state index in [1.54, 1.807) is 6.07 Å². The van der Waals surface area contributed by atoms with Crippen molar-refractivity contribution >= 4 is 21.6 Å². The Labute approximate surface area is 123 Å². The van der Waals surface area contributed by atoms with Gasteiger partial charge in [-0.25, -0.2) is 13.1 Å². The molecule has 0 aliphatic carbocycles. The van der Waals surface area contributed by atoms with Crippen LogP contribution in [0.15, 0.2) is 23.1 Å². The third-order valence-electron chi connectivity index (χ3n) is 2.91. The minimum atomic E-state index is -3.70. The lowest BCUT2D eigenvalue weighted by molar-refractivity contribution is -0.0846. The minimum absolute atomic E-state index is 0.0267. The fourth-order valence-corrected chi connectivity index (χ4v) is 3.43. The molecule has 1 fully saturated rings. The number of benzene rings is 1. The number of sulfonamides is 1. The van der Waals surface area contributed by atoms with E-state index >= 15 is 0 Å². The molecule has 1 unspecified atom stereocenters. The molecule has 3 N–H and O–H groups in total. The summed E-state index contributed by atoms with van der Waals surface area (Å²) in [6, 6.07) is 4.70. The van der Waals surface area contributed by atoms with Crippen LogP contribution in [0.25, 0.3) is 0 Å². The van der Waals surface area contributed by atoms with Crippen molar-refractivity contribution in [2.24, 2.45) is 5.73 Å². The molecule has 1 aromatic carbocycles. The average Bonchev–Trinajstić information content (AvgIpc) is 2.47. The Hall–Kier alpha value is -0.700. The zero-order valence-corrected chi connectivity index (χ0v) is 12.4. The molecule has 2 rings (SSSR count). The van der Waals surface area contributed by atoms with Crippen LogP contribution in [0.2, 0.25) is 5.02 Å². The van der Waals surface area contributed by atoms with Gasteiger partial charge in [-0.1, -0.05) is 17.7 Å². The highest BCUT2D eigenvalue weighted by Gasteiger charge is 2.21. The van der Waals surface area contributed by atoms with Crippen LogP contribution < -0.4 is 10.5 Å². The molecule has 0 spiro atoms. The predicted molar refractivity (Wildman–Crippen MR) is 75.1 cm³/mol. The third-order valence-corrected chi connectivity index (χ3v) is 4.81. The molecule has 1 aliphatic rings. The molecule has 1 heterocycles. The van der Waals surface area contributed by atoms with Crippen LogP contribution in [0.4, 0.5) is 0 Å². The number of ether oxygens (including phenoxy) is 2. The van der Waals surface area contributed by atoms with Crippen molar-refractivity contribution in [1.29, 1.82) is 0 Å². The van der Waals surface area contributed by atoms with Crippen LogP contribution in [0.1, 0.15) is 5.56 Å². The van der Waals surface area contributed by atoms with E-state index in [0.29, 0.717) is 25.4 Å². The summed E-state index contributed by atoms with van der Waals surface area (Å²) in [5.74, 6) is 0. The summed E-state index contributed by atoms with van der Waals surface area (Å²) in [5, 5.41) is 0.163. The number of nitrogens with two attached hydrogens (primary N) is 1. The van der Waals surface area contributed by atoms with Crippen LogP contribution in [-0.2, 0) is 26.0 Å². The highest BCUT2D eigenvalue weighted by Crippen LogP contribution is 2.22. The van der Waals surface area contributed by atoms with E-state index in [1.165, 1.54) is 12.1 Å². The van der Waals surface area contributed by atoms with Crippen molar-refractivity contribution in [2.75, 3.05) is 26.4 Å². The van der Waals surface area contributed by atoms with Crippen LogP contribution in [0.5, 0.6) is 0 Å². The molecule has 0 amide bonds. The van der Waals surface area contributed by atoms with Gasteiger partial charge in [0.2, 0.25) is 10.0 Å². The van der Waals surface area contributed by atoms with Crippen molar-refractivity contribution in [2.45, 2.75) is 17.5 Å². The molecule has 112 valence electrons. The molecule has 0 bridgehead atoms. The van der Waals surface area contributed by atoms with E-state index in [9.17, 15) is 8.42 Å². The number of hydrogen-bond acceptors (Lipinski definition) is 5. The lowest BCUT2D eigenvalue weighted by Gasteiger charge is -2.23. The largest absolute Gasteiger partial charge is 0.376 e. The molecular formula is C12H17ClN2O4S. The zero-order valence-electron chi connectivity index (χ0n) is 10.8. The predicted octanol–water partition coefficient (Wildman–Crippen LogP) is 0.492. The Bertz CT molecular complexity index is 559. The monoisotopic (exact) mass is 320 g/mol. The maximum absolute atomic E-state index is 12.2. The Morgan fingerprint density at radius 1 is 1.40 bits per heavy atom. The van der Waals surface area contributed by atoms with E-state index in [2.05, 4.69) is 4.72 Å². The molecule has 1 atom stereocenters. The Kier molecular flexibility index (Phi) is 5.36. The molecule has 0 saturated carbocycles. The van der Waals surface area contributed by atoms with E-state index < -0.39 is 10.0 Å². The first kappa shape index (κ1) is 15.7. The third kappa shape index (κ3) is 3.91. The van der Waals surface area contributed by atoms with Gasteiger partial charge in [0.05, 0.1) is 30.9 Å². The first-order chi connectivity index (χ1) is 9.53. The normalized spacial score (nSPS) is 20.0. The van der Waals surface area contributed by atoms with Gasteiger partial charge in [0, 0.05) is 13.1 Å². The Morgan fingerprint density at radius 2 is 2.20 bits per heavy atom. The SMILES string of the molecule is NCc1ccc(Cl)c(S(=O)(=O)NCC2COCCO2)c1. The van der Waals surface area contributed by atoms with Crippen molar-refractivity contribution in [1.82, 2.24) is 4.72 Å². The van der Waals surface area contributed by atoms with Gasteiger partial charge in [-0.3, -0.25) is 0 Å². The second kappa shape index (κ2) is 6.84. The minimum Gasteiger partial charge on any atom is -0.376 e. The molecule has 8 heteroatoms. The first-order valence-electron chi connectivity index (χ1n) is 6.20. The molecular weight excluding hydrogens is 304 g/mol. The van der Waals surface area contributed by atoms with Gasteiger partial charge in [-0.05, 0) is 17.7 Å². The second-order valence-corrected chi connectivity index (χ2v) is 6.53. The van der Waals surface area contributed by atoms with Crippen LogP contribution in [0, 0.1) is 0 Å². The molecule has 0 radical (unpaired) electrons. The van der Waals surface area contributed by atoms with Gasteiger partial charge in [-0.15, -0.1) is 0 Å². The average molecular weight is 321 g/mol. The van der Waals surface area contributed by atoms with Crippen molar-refractivity contribution in [3.05, 3.63) is 28.8 Å². The summed E-state index contributed by atoms with van der Waals surface area (Å²) in [6.45, 7) is 1.77. The number of nitrogens with one attached hydrogen (secondary N) is 1. The van der Waals surface area contributed by atoms with E-state index in [0.717, 1.165) is 0 Å². The summed E-state index contributed by atoms with van der Waals surface area (Å²) >= 11 is 5.94. The van der Waals surface area contributed by atoms with Crippen LogP contribution in [-0.4, -0.2) is 40.9 Å². The summed E-state index contributed by atoms with van der Waals surface area (Å²) in [4.78, 5) is 0.0267. The summed E-state index contributed by atoms with van der Waals surface area (Å²) in [7, 11) is -3.70. The van der Waals surface area contributed by atoms with Crippen molar-refractivity contribution < 1.29 is 17.9 Å². The standard InChI is InChI=1S/C12H17ClN2O4S/c13-11-2-1-9(6-14)5-12(11)20(16,17)15-7-10-8-18-3-4-19-10/h1-2,5,10,15H,3-4,6-8,14H2. The number of rotatable bonds is 5. The smallest absolute Gasteiger partial charge is 0.242 e. The molecule has 20 heavy (non-hydrogen) atoms. The van der Waals surface area contributed by atoms with Gasteiger partial charge in [0.1, 0.15) is 4.90 Å². The van der Waals surface area contributed by atoms with Gasteiger partial charge < -0.3 is 15.2 Å². The zero-order chi connectivity index (χ0) is 14.6. The molecule has 6 nitrogen and oxygen atoms in total. The van der Waals surface area contributed by atoms with Gasteiger partial charge in [0.25, 0.3) is 0 Å². The van der Waals surface area contributed by atoms with E-state index in [1.807, 2.05) is 0 Å². The summed E-state index contributed by atoms with van der Waals surface area (Å²) in [5.41, 5.74) is 6.21. The molecule has 1 aliphatic heterocycles. The van der Waals surface area contributed by atoms with Crippen molar-refractivity contribution in [3.8, 4) is 0 Å². The first-order valence-corrected chi connectivity index (χ1v) is 8.06. The van der Waals surface area contributed by atoms with E-state index in [-0.39, 0.29) is 29.1 Å². The van der Waals surface area contributed by atoms with Crippen LogP contribution in [0.3, 0.4) is 0 Å². The van der Waals surface area contributed by atoms with Crippen molar-refractivity contribution in [3.63, 3.8) is 0 Å². The quantitative estimate of drug-likeness (QED) is 0.824. The van der Waals surface area contributed by atoms with Gasteiger partial charge >= 0.3 is 0 Å². The number of hydrogen-bond donors (Lipinski definition) is 2. The second-order valence-electron chi connectivity index (χ2n) is 4.39. The molecule has 1 saturated heterocycles.